The number of nitrogens with zero attached hydrogens (tertiary/aromatic N) is 5. The minimum absolute atomic E-state index is 0. The summed E-state index contributed by atoms with van der Waals surface area (Å²) in [6.07, 6.45) is 31.6. The molecule has 6 rings (SSSR count). The Labute approximate surface area is 486 Å². The van der Waals surface area contributed by atoms with Crippen LogP contribution in [0.5, 0.6) is 0 Å². The predicted molar refractivity (Wildman–Crippen MR) is 309 cm³/mol. The molecule has 3 aromatic heterocycles. The van der Waals surface area contributed by atoms with E-state index in [0.717, 1.165) is 131 Å². The Morgan fingerprint density at radius 1 is 0.568 bits per heavy atom. The number of hydroxylamine groups is 4. The molecule has 3 aliphatic rings. The summed E-state index contributed by atoms with van der Waals surface area (Å²) in [5.41, 5.74) is 4.15. The van der Waals surface area contributed by atoms with Crippen LogP contribution in [-0.2, 0) is 43.3 Å². The van der Waals surface area contributed by atoms with Gasteiger partial charge in [0.15, 0.2) is 17.4 Å². The van der Waals surface area contributed by atoms with Crippen molar-refractivity contribution >= 4 is 93.7 Å². The molecule has 3 N–H and O–H groups in total. The Bertz CT molecular complexity index is 2120. The van der Waals surface area contributed by atoms with Crippen LogP contribution in [0.15, 0.2) is 67.1 Å². The summed E-state index contributed by atoms with van der Waals surface area (Å²) in [4.78, 5) is 96.0. The molecule has 0 aromatic carbocycles. The van der Waals surface area contributed by atoms with Crippen molar-refractivity contribution in [2.45, 2.75) is 167 Å². The van der Waals surface area contributed by atoms with Gasteiger partial charge in [0.05, 0.1) is 20.3 Å². The van der Waals surface area contributed by atoms with Gasteiger partial charge in [-0.25, -0.2) is 10.1 Å². The van der Waals surface area contributed by atoms with Gasteiger partial charge >= 0.3 is 18.9 Å². The van der Waals surface area contributed by atoms with Gasteiger partial charge in [-0.05, 0) is 106 Å². The molecule has 5 amide bonds. The van der Waals surface area contributed by atoms with E-state index in [-0.39, 0.29) is 115 Å². The van der Waals surface area contributed by atoms with Crippen molar-refractivity contribution in [3.05, 3.63) is 101 Å². The van der Waals surface area contributed by atoms with Gasteiger partial charge in [0.25, 0.3) is 29.5 Å². The first-order valence-corrected chi connectivity index (χ1v) is 24.6. The summed E-state index contributed by atoms with van der Waals surface area (Å²) in [6.45, 7) is 0. The van der Waals surface area contributed by atoms with E-state index >= 15 is 0 Å². The predicted octanol–water partition coefficient (Wildman–Crippen LogP) is 4.32. The molecule has 6 heterocycles. The van der Waals surface area contributed by atoms with Gasteiger partial charge in [-0.2, -0.15) is 40.5 Å². The molecule has 0 aliphatic carbocycles. The van der Waals surface area contributed by atoms with Crippen molar-refractivity contribution in [1.29, 1.82) is 0 Å². The van der Waals surface area contributed by atoms with Crippen molar-refractivity contribution in [2.24, 2.45) is 0 Å². The fourth-order valence-corrected chi connectivity index (χ4v) is 8.36. The molecule has 0 fully saturated rings. The smallest absolute Gasteiger partial charge is 1.00 e. The zero-order valence-electron chi connectivity index (χ0n) is 44.2. The third kappa shape index (κ3) is 26.4. The van der Waals surface area contributed by atoms with E-state index in [1.165, 1.54) is 52.0 Å². The largest absolute Gasteiger partial charge is 1.00 e. The van der Waals surface area contributed by atoms with Crippen LogP contribution in [0, 0.1) is 0 Å². The second kappa shape index (κ2) is 43.4. The average molecular weight is 1100 g/mol. The first-order chi connectivity index (χ1) is 33.1. The van der Waals surface area contributed by atoms with Gasteiger partial charge in [-0.15, -0.1) is 0 Å². The molecule has 3 aliphatic heterocycles. The standard InChI is InChI=1S/C18H27N3O3.C18H25N3O3.C16H22N2O2.CH4.Al.Li.3H2S.4H/c2*1-21(24-2)18(23)15-12-8-6-4-3-5-7-10-14-11-9-13-19-16(14)17(22)20-15;19-12-14-10-6-4-2-1-3-5-8-13-9-7-11-17-15(13)16(20)18-14;;;;;;;;;;/h9,11,13,15H,3-8,10,12H2,1-2H3,(H,20,22);6,8-9,11,13,15H,3-5,7,10,12H2,1-2H3,(H,20,22);7,9,11-12,14H,1-6,8,10H2,(H,18,20);1H4;;;3*1H2;;;;/q;;;;;+1;;;;;;;-1/b;8-6+;;;;;;;;;;;/t2*15-;14-;;;;;;;;;;/m000........../s1. The summed E-state index contributed by atoms with van der Waals surface area (Å²) in [7, 11) is 5.95. The van der Waals surface area contributed by atoms with E-state index < -0.39 is 18.1 Å². The molecule has 410 valence electrons. The third-order valence-corrected chi connectivity index (χ3v) is 12.4. The maximum atomic E-state index is 12.6. The van der Waals surface area contributed by atoms with Crippen LogP contribution >= 0.6 is 40.5 Å². The molecule has 0 saturated heterocycles. The Morgan fingerprint density at radius 3 is 1.36 bits per heavy atom. The minimum Gasteiger partial charge on any atom is -1.00 e. The monoisotopic (exact) mass is 1090 g/mol. The Hall–Kier alpha value is -3.69. The zero-order chi connectivity index (χ0) is 48.9. The molecule has 0 saturated carbocycles. The Morgan fingerprint density at radius 2 is 0.932 bits per heavy atom. The zero-order valence-corrected chi connectivity index (χ0v) is 46.2. The number of hydrogen-bond acceptors (Lipinski definition) is 11. The van der Waals surface area contributed by atoms with E-state index in [1.54, 1.807) is 25.6 Å². The molecular formula is C53H88AlLiN8O8S3. The summed E-state index contributed by atoms with van der Waals surface area (Å²) >= 11 is 0. The molecule has 21 heteroatoms. The van der Waals surface area contributed by atoms with Crippen LogP contribution in [0.1, 0.15) is 179 Å². The van der Waals surface area contributed by atoms with Crippen molar-refractivity contribution in [3.8, 4) is 0 Å². The molecule has 3 atom stereocenters. The first-order valence-electron chi connectivity index (χ1n) is 24.6. The summed E-state index contributed by atoms with van der Waals surface area (Å²) < 4.78 is 0. The number of likely N-dealkylation sites (N-methyl/N-ethyl adjacent to an activating group) is 2. The Balaban J connectivity index is -0.000000484. The SMILES string of the molecule is C.CON(C)C(=O)[C@@H]1C/C=C/CCCCCc2cccnc2C(=O)N1.CON(C)C(=O)[C@@H]1CCCCCCCCc2cccnc2C(=O)N1.O=C[C@@H]1CCCCCCCCc2cccnc2C(=O)N1.S.S.S.[AlH3].[H-].[Li+]. The maximum Gasteiger partial charge on any atom is 1.00 e. The van der Waals surface area contributed by atoms with Crippen molar-refractivity contribution in [3.63, 3.8) is 0 Å². The second-order valence-electron chi connectivity index (χ2n) is 17.5. The first kappa shape index (κ1) is 74.6. The molecule has 0 unspecified atom stereocenters. The fraction of sp³-hybridized carbons (Fsp3) is 0.566. The molecule has 16 nitrogen and oxygen atoms in total. The third-order valence-electron chi connectivity index (χ3n) is 12.4. The summed E-state index contributed by atoms with van der Waals surface area (Å²) in [6, 6.07) is 9.74. The normalized spacial score (nSPS) is 19.0. The fourth-order valence-electron chi connectivity index (χ4n) is 8.36. The quantitative estimate of drug-likeness (QED) is 0.142. The maximum absolute atomic E-state index is 12.6. The number of pyridine rings is 3. The van der Waals surface area contributed by atoms with Crippen LogP contribution in [0.4, 0.5) is 0 Å². The van der Waals surface area contributed by atoms with E-state index in [1.807, 2.05) is 42.5 Å². The van der Waals surface area contributed by atoms with Crippen molar-refractivity contribution < 1.29 is 58.7 Å². The number of fused-ring (bicyclic) bond motifs is 3. The van der Waals surface area contributed by atoms with Crippen LogP contribution in [0.25, 0.3) is 0 Å². The molecular weight excluding hydrogens is 1010 g/mol. The summed E-state index contributed by atoms with van der Waals surface area (Å²) in [5.74, 6) is -1.35. The van der Waals surface area contributed by atoms with Crippen LogP contribution in [0.3, 0.4) is 0 Å². The summed E-state index contributed by atoms with van der Waals surface area (Å²) in [5, 5.41) is 10.8. The number of nitrogens with one attached hydrogen (secondary N) is 3. The number of rotatable bonds is 5. The van der Waals surface area contributed by atoms with Gasteiger partial charge < -0.3 is 22.2 Å². The number of allylic oxidation sites excluding steroid dienone is 1. The number of hydrogen-bond donors (Lipinski definition) is 3. The average Bonchev–Trinajstić information content (AvgIpc) is 3.40. The van der Waals surface area contributed by atoms with Crippen molar-refractivity contribution in [1.82, 2.24) is 41.0 Å². The van der Waals surface area contributed by atoms with E-state index in [4.69, 9.17) is 9.68 Å². The minimum atomic E-state index is -0.672. The van der Waals surface area contributed by atoms with Gasteiger partial charge in [0, 0.05) is 32.7 Å². The van der Waals surface area contributed by atoms with Gasteiger partial charge in [-0.3, -0.25) is 48.6 Å². The molecule has 0 radical (unpaired) electrons. The second-order valence-corrected chi connectivity index (χ2v) is 17.5. The van der Waals surface area contributed by atoms with Crippen LogP contribution in [-0.4, -0.2) is 125 Å². The van der Waals surface area contributed by atoms with Crippen LogP contribution in [0.2, 0.25) is 0 Å². The molecule has 3 aromatic rings. The van der Waals surface area contributed by atoms with E-state index in [2.05, 4.69) is 37.0 Å². The molecule has 0 bridgehead atoms. The van der Waals surface area contributed by atoms with Crippen LogP contribution < -0.4 is 34.8 Å². The van der Waals surface area contributed by atoms with Gasteiger partial charge in [0.2, 0.25) is 0 Å². The van der Waals surface area contributed by atoms with Crippen molar-refractivity contribution in [2.75, 3.05) is 28.3 Å². The number of aromatic nitrogens is 3. The molecule has 74 heavy (non-hydrogen) atoms. The van der Waals surface area contributed by atoms with E-state index in [0.29, 0.717) is 29.9 Å². The van der Waals surface area contributed by atoms with Gasteiger partial charge in [0.1, 0.15) is 35.5 Å². The number of carbonyl (C=O) groups excluding carboxylic acids is 6. The van der Waals surface area contributed by atoms with E-state index in [9.17, 15) is 28.8 Å². The number of carbonyl (C=O) groups is 6. The number of amides is 5. The molecule has 0 spiro atoms. The number of aryl methyl sites for hydroxylation is 3. The number of aldehydes is 1. The van der Waals surface area contributed by atoms with Gasteiger partial charge in [-0.1, -0.05) is 108 Å². The topological polar surface area (TPSA) is 202 Å². The Kier molecular flexibility index (Phi) is 43.7.